The number of aromatic nitrogens is 4. The van der Waals surface area contributed by atoms with Crippen molar-refractivity contribution in [3.63, 3.8) is 0 Å². The van der Waals surface area contributed by atoms with E-state index in [0.717, 1.165) is 10.6 Å². The molecule has 0 atom stereocenters. The van der Waals surface area contributed by atoms with E-state index in [2.05, 4.69) is 29.9 Å². The number of hydrogen-bond donors (Lipinski definition) is 2. The smallest absolute Gasteiger partial charge is 0.446 e. The van der Waals surface area contributed by atoms with Crippen LogP contribution in [-0.4, -0.2) is 39.2 Å². The van der Waals surface area contributed by atoms with Gasteiger partial charge in [0.2, 0.25) is 11.5 Å². The van der Waals surface area contributed by atoms with Crippen LogP contribution in [0.5, 0.6) is 5.88 Å². The Morgan fingerprint density at radius 3 is 2.92 bits per heavy atom. The van der Waals surface area contributed by atoms with E-state index in [-0.39, 0.29) is 41.3 Å². The number of ether oxygens (including phenoxy) is 1. The van der Waals surface area contributed by atoms with Gasteiger partial charge in [-0.2, -0.15) is 0 Å². The molecule has 0 spiro atoms. The second kappa shape index (κ2) is 7.23. The first-order valence-electron chi connectivity index (χ1n) is 7.00. The predicted molar refractivity (Wildman–Crippen MR) is 83.4 cm³/mol. The van der Waals surface area contributed by atoms with Crippen LogP contribution in [0.1, 0.15) is 0 Å². The summed E-state index contributed by atoms with van der Waals surface area (Å²) in [7, 11) is 0. The Kier molecular flexibility index (Phi) is 4.84. The fourth-order valence-corrected chi connectivity index (χ4v) is 2.16. The summed E-state index contributed by atoms with van der Waals surface area (Å²) >= 11 is 5.74. The lowest BCUT2D eigenvalue weighted by atomic mass is 10.3. The van der Waals surface area contributed by atoms with E-state index in [1.807, 2.05) is 0 Å². The van der Waals surface area contributed by atoms with Crippen molar-refractivity contribution in [1.82, 2.24) is 25.4 Å². The number of carbonyl (C=O) groups is 1. The molecule has 0 unspecified atom stereocenters. The van der Waals surface area contributed by atoms with Gasteiger partial charge in [0.05, 0.1) is 17.3 Å². The van der Waals surface area contributed by atoms with Gasteiger partial charge in [-0.15, -0.1) is 0 Å². The maximum absolute atomic E-state index is 13.4. The van der Waals surface area contributed by atoms with Gasteiger partial charge in [0.25, 0.3) is 5.88 Å². The molecular formula is C13H10ClFN6O5. The van der Waals surface area contributed by atoms with Crippen molar-refractivity contribution >= 4 is 17.6 Å². The quantitative estimate of drug-likeness (QED) is 0.589. The van der Waals surface area contributed by atoms with Gasteiger partial charge in [0.1, 0.15) is 12.4 Å². The average Bonchev–Trinajstić information content (AvgIpc) is 3.20. The highest BCUT2D eigenvalue weighted by Crippen LogP contribution is 2.27. The first-order valence-corrected chi connectivity index (χ1v) is 7.38. The summed E-state index contributed by atoms with van der Waals surface area (Å²) in [5.74, 6) is -1.73. The topological polar surface area (TPSA) is 151 Å². The van der Waals surface area contributed by atoms with Crippen molar-refractivity contribution in [2.75, 3.05) is 13.2 Å². The number of nitrogens with two attached hydrogens (primary N) is 1. The van der Waals surface area contributed by atoms with Gasteiger partial charge in [-0.05, 0) is 28.5 Å². The van der Waals surface area contributed by atoms with E-state index in [4.69, 9.17) is 22.1 Å². The number of urea groups is 1. The molecule has 0 saturated carbocycles. The average molecular weight is 385 g/mol. The minimum atomic E-state index is -0.869. The van der Waals surface area contributed by atoms with E-state index in [1.54, 1.807) is 0 Å². The lowest BCUT2D eigenvalue weighted by Gasteiger charge is -2.05. The molecule has 3 N–H and O–H groups in total. The molecule has 26 heavy (non-hydrogen) atoms. The molecular weight excluding hydrogens is 375 g/mol. The Labute approximate surface area is 148 Å². The molecule has 136 valence electrons. The summed E-state index contributed by atoms with van der Waals surface area (Å²) in [6.45, 7) is 0.0927. The van der Waals surface area contributed by atoms with E-state index >= 15 is 0 Å². The molecule has 1 aromatic carbocycles. The second-order valence-corrected chi connectivity index (χ2v) is 5.17. The predicted octanol–water partition coefficient (Wildman–Crippen LogP) is 0.715. The number of nitrogens with one attached hydrogen (secondary N) is 1. The second-order valence-electron chi connectivity index (χ2n) is 4.76. The van der Waals surface area contributed by atoms with Crippen molar-refractivity contribution in [1.29, 1.82) is 0 Å². The zero-order valence-electron chi connectivity index (χ0n) is 12.8. The van der Waals surface area contributed by atoms with Gasteiger partial charge in [0, 0.05) is 0 Å². The summed E-state index contributed by atoms with van der Waals surface area (Å²) in [5, 5.41) is 12.9. The van der Waals surface area contributed by atoms with Crippen molar-refractivity contribution in [2.24, 2.45) is 5.73 Å². The van der Waals surface area contributed by atoms with Gasteiger partial charge in [-0.3, -0.25) is 4.52 Å². The van der Waals surface area contributed by atoms with Gasteiger partial charge in [-0.1, -0.05) is 16.8 Å². The molecule has 0 aliphatic rings. The number of halogens is 2. The van der Waals surface area contributed by atoms with E-state index < -0.39 is 17.6 Å². The molecule has 2 amide bonds. The molecule has 0 radical (unpaired) electrons. The molecule has 0 fully saturated rings. The number of rotatable bonds is 6. The number of benzene rings is 1. The lowest BCUT2D eigenvalue weighted by Crippen LogP contribution is -2.32. The summed E-state index contributed by atoms with van der Waals surface area (Å²) in [4.78, 5) is 22.6. The van der Waals surface area contributed by atoms with Gasteiger partial charge in [0.15, 0.2) is 0 Å². The van der Waals surface area contributed by atoms with Gasteiger partial charge < -0.3 is 15.8 Å². The van der Waals surface area contributed by atoms with Crippen molar-refractivity contribution in [3.8, 4) is 23.1 Å². The van der Waals surface area contributed by atoms with Crippen LogP contribution in [0.2, 0.25) is 5.02 Å². The highest BCUT2D eigenvalue weighted by molar-refractivity contribution is 6.30. The third-order valence-corrected chi connectivity index (χ3v) is 3.37. The van der Waals surface area contributed by atoms with Crippen molar-refractivity contribution in [3.05, 3.63) is 39.6 Å². The monoisotopic (exact) mass is 384 g/mol. The minimum Gasteiger partial charge on any atom is -0.472 e. The molecule has 3 aromatic rings. The molecule has 2 heterocycles. The summed E-state index contributed by atoms with van der Waals surface area (Å²) in [6, 6.07) is 2.87. The van der Waals surface area contributed by atoms with Crippen molar-refractivity contribution < 1.29 is 23.1 Å². The van der Waals surface area contributed by atoms with Crippen LogP contribution in [0, 0.1) is 5.82 Å². The lowest BCUT2D eigenvalue weighted by molar-refractivity contribution is 0.238. The highest BCUT2D eigenvalue weighted by Gasteiger charge is 2.24. The number of nitrogens with zero attached hydrogens (tertiary/aromatic N) is 4. The molecule has 2 aromatic heterocycles. The minimum absolute atomic E-state index is 0.00534. The largest absolute Gasteiger partial charge is 0.472 e. The maximum atomic E-state index is 13.4. The first kappa shape index (κ1) is 17.4. The van der Waals surface area contributed by atoms with Crippen LogP contribution >= 0.6 is 11.6 Å². The normalized spacial score (nSPS) is 10.7. The zero-order chi connectivity index (χ0) is 18.7. The van der Waals surface area contributed by atoms with Crippen LogP contribution < -0.4 is 21.5 Å². The number of hydrogen-bond acceptors (Lipinski definition) is 8. The Morgan fingerprint density at radius 1 is 1.38 bits per heavy atom. The van der Waals surface area contributed by atoms with Gasteiger partial charge >= 0.3 is 11.8 Å². The Balaban J connectivity index is 1.92. The van der Waals surface area contributed by atoms with E-state index in [9.17, 15) is 14.0 Å². The number of amides is 2. The van der Waals surface area contributed by atoms with Crippen LogP contribution in [0.15, 0.2) is 32.1 Å². The number of primary amides is 1. The fraction of sp³-hybridized carbons (Fsp3) is 0.154. The highest BCUT2D eigenvalue weighted by atomic mass is 35.5. The third-order valence-electron chi connectivity index (χ3n) is 3.08. The van der Waals surface area contributed by atoms with Crippen LogP contribution in [0.25, 0.3) is 17.2 Å². The van der Waals surface area contributed by atoms with E-state index in [1.165, 1.54) is 12.1 Å². The fourth-order valence-electron chi connectivity index (χ4n) is 1.99. The number of carbonyl (C=O) groups excluding carboxylic acids is 1. The summed E-state index contributed by atoms with van der Waals surface area (Å²) < 4.78 is 28.9. The van der Waals surface area contributed by atoms with Crippen molar-refractivity contribution in [2.45, 2.75) is 0 Å². The molecule has 3 rings (SSSR count). The Bertz CT molecular complexity index is 999. The molecule has 11 nitrogen and oxygen atoms in total. The van der Waals surface area contributed by atoms with E-state index in [0.29, 0.717) is 0 Å². The maximum Gasteiger partial charge on any atom is 0.446 e. The van der Waals surface area contributed by atoms with Crippen LogP contribution in [-0.2, 0) is 0 Å². The molecule has 13 heteroatoms. The zero-order valence-corrected chi connectivity index (χ0v) is 13.6. The Hall–Kier alpha value is -3.41. The third kappa shape index (κ3) is 3.49. The molecule has 0 bridgehead atoms. The standard InChI is InChI=1S/C13H10ClFN6O5/c14-7-5-6(1-2-8(7)15)21-10(19-25-13(21)23)9-11(20-26-18-9)24-4-3-17-12(16)22/h1-2,5H,3-4H2,(H3,16,17,22). The molecule has 0 aliphatic heterocycles. The Morgan fingerprint density at radius 2 is 2.19 bits per heavy atom. The SMILES string of the molecule is NC(=O)NCCOc1nonc1-c1noc(=O)n1-c1ccc(F)c(Cl)c1. The molecule has 0 aliphatic carbocycles. The van der Waals surface area contributed by atoms with Crippen LogP contribution in [0.3, 0.4) is 0 Å². The summed E-state index contributed by atoms with van der Waals surface area (Å²) in [6.07, 6.45) is 0. The van der Waals surface area contributed by atoms with Crippen LogP contribution in [0.4, 0.5) is 9.18 Å². The first-order chi connectivity index (χ1) is 12.5. The molecule has 0 saturated heterocycles. The summed E-state index contributed by atoms with van der Waals surface area (Å²) in [5.41, 5.74) is 5.07. The van der Waals surface area contributed by atoms with Gasteiger partial charge in [-0.25, -0.2) is 23.2 Å².